The molecule has 0 atom stereocenters. The first kappa shape index (κ1) is 14.4. The molecule has 96 valence electrons. The Bertz CT molecular complexity index is 441. The lowest BCUT2D eigenvalue weighted by atomic mass is 10.4. The molecule has 0 N–H and O–H groups in total. The van der Waals surface area contributed by atoms with E-state index in [1.54, 1.807) is 0 Å². The Morgan fingerprint density at radius 2 is 1.82 bits per heavy atom. The molecule has 0 radical (unpaired) electrons. The van der Waals surface area contributed by atoms with Gasteiger partial charge in [-0.2, -0.15) is 4.31 Å². The average molecular weight is 280 g/mol. The fourth-order valence-electron chi connectivity index (χ4n) is 1.45. The van der Waals surface area contributed by atoms with Gasteiger partial charge < -0.3 is 0 Å². The van der Waals surface area contributed by atoms with E-state index in [1.165, 1.54) is 16.4 Å². The quantitative estimate of drug-likeness (QED) is 0.750. The highest BCUT2D eigenvalue weighted by atomic mass is 35.5. The van der Waals surface area contributed by atoms with Crippen molar-refractivity contribution in [3.63, 3.8) is 0 Å². The molecule has 0 amide bonds. The minimum atomic E-state index is -3.56. The van der Waals surface area contributed by atoms with Gasteiger partial charge in [-0.1, -0.05) is 6.92 Å². The highest BCUT2D eigenvalue weighted by Crippen LogP contribution is 2.16. The van der Waals surface area contributed by atoms with Gasteiger partial charge >= 0.3 is 0 Å². The van der Waals surface area contributed by atoms with Crippen LogP contribution in [0.2, 0.25) is 0 Å². The van der Waals surface area contributed by atoms with Crippen LogP contribution in [0, 0.1) is 5.82 Å². The molecule has 1 rings (SSSR count). The maximum Gasteiger partial charge on any atom is 0.243 e. The molecule has 0 fully saturated rings. The van der Waals surface area contributed by atoms with Crippen molar-refractivity contribution in [1.82, 2.24) is 4.31 Å². The summed E-state index contributed by atoms with van der Waals surface area (Å²) in [5.41, 5.74) is 0. The van der Waals surface area contributed by atoms with Gasteiger partial charge in [0.15, 0.2) is 0 Å². The molecule has 0 bridgehead atoms. The molecule has 0 aliphatic rings. The van der Waals surface area contributed by atoms with Crippen LogP contribution < -0.4 is 0 Å². The normalized spacial score (nSPS) is 12.0. The molecule has 0 spiro atoms. The Balaban J connectivity index is 3.02. The summed E-state index contributed by atoms with van der Waals surface area (Å²) in [6, 6.07) is 4.80. The largest absolute Gasteiger partial charge is 0.243 e. The predicted molar refractivity (Wildman–Crippen MR) is 66.2 cm³/mol. The number of hydrogen-bond acceptors (Lipinski definition) is 2. The van der Waals surface area contributed by atoms with Crippen molar-refractivity contribution >= 4 is 21.6 Å². The second-order valence-corrected chi connectivity index (χ2v) is 5.86. The molecule has 0 aromatic heterocycles. The Kier molecular flexibility index (Phi) is 5.36. The second kappa shape index (κ2) is 6.33. The summed E-state index contributed by atoms with van der Waals surface area (Å²) in [6.45, 7) is 2.56. The van der Waals surface area contributed by atoms with Gasteiger partial charge in [-0.15, -0.1) is 11.6 Å². The fourth-order valence-corrected chi connectivity index (χ4v) is 3.29. The Morgan fingerprint density at radius 3 is 2.29 bits per heavy atom. The molecule has 17 heavy (non-hydrogen) atoms. The van der Waals surface area contributed by atoms with Crippen molar-refractivity contribution in [2.45, 2.75) is 18.2 Å². The molecule has 0 aliphatic carbocycles. The maximum absolute atomic E-state index is 12.7. The highest BCUT2D eigenvalue weighted by Gasteiger charge is 2.22. The molecule has 1 aromatic rings. The zero-order valence-corrected chi connectivity index (χ0v) is 11.1. The van der Waals surface area contributed by atoms with Gasteiger partial charge in [-0.25, -0.2) is 12.8 Å². The van der Waals surface area contributed by atoms with E-state index in [9.17, 15) is 12.8 Å². The molecule has 3 nitrogen and oxygen atoms in total. The smallest absolute Gasteiger partial charge is 0.207 e. The molecule has 0 heterocycles. The summed E-state index contributed by atoms with van der Waals surface area (Å²) >= 11 is 5.58. The molecule has 0 aliphatic heterocycles. The Morgan fingerprint density at radius 1 is 1.24 bits per heavy atom. The van der Waals surface area contributed by atoms with E-state index >= 15 is 0 Å². The van der Waals surface area contributed by atoms with E-state index in [2.05, 4.69) is 0 Å². The number of nitrogens with zero attached hydrogens (tertiary/aromatic N) is 1. The van der Waals surface area contributed by atoms with Crippen molar-refractivity contribution in [3.8, 4) is 0 Å². The zero-order chi connectivity index (χ0) is 12.9. The highest BCUT2D eigenvalue weighted by molar-refractivity contribution is 7.89. The molecule has 0 saturated heterocycles. The molecule has 6 heteroatoms. The van der Waals surface area contributed by atoms with Crippen LogP contribution in [0.15, 0.2) is 29.2 Å². The summed E-state index contributed by atoms with van der Waals surface area (Å²) in [5, 5.41) is 0. The molecular weight excluding hydrogens is 265 g/mol. The van der Waals surface area contributed by atoms with E-state index < -0.39 is 15.8 Å². The van der Waals surface area contributed by atoms with E-state index in [-0.39, 0.29) is 17.3 Å². The van der Waals surface area contributed by atoms with Crippen LogP contribution in [0.4, 0.5) is 4.39 Å². The van der Waals surface area contributed by atoms with Gasteiger partial charge in [-0.05, 0) is 30.7 Å². The van der Waals surface area contributed by atoms with E-state index in [0.717, 1.165) is 12.1 Å². The second-order valence-electron chi connectivity index (χ2n) is 3.55. The van der Waals surface area contributed by atoms with E-state index in [4.69, 9.17) is 11.6 Å². The van der Waals surface area contributed by atoms with Crippen molar-refractivity contribution in [1.29, 1.82) is 0 Å². The summed E-state index contributed by atoms with van der Waals surface area (Å²) in [6.07, 6.45) is 0.706. The van der Waals surface area contributed by atoms with Crippen LogP contribution in [0.5, 0.6) is 0 Å². The summed E-state index contributed by atoms with van der Waals surface area (Å²) in [4.78, 5) is 0.0949. The fraction of sp³-hybridized carbons (Fsp3) is 0.455. The van der Waals surface area contributed by atoms with Crippen molar-refractivity contribution in [2.75, 3.05) is 19.0 Å². The van der Waals surface area contributed by atoms with E-state index in [1.807, 2.05) is 6.92 Å². The van der Waals surface area contributed by atoms with Gasteiger partial charge in [-0.3, -0.25) is 0 Å². The number of alkyl halides is 1. The first-order valence-electron chi connectivity index (χ1n) is 5.34. The molecular formula is C11H15ClFNO2S. The summed E-state index contributed by atoms with van der Waals surface area (Å²) in [7, 11) is -3.56. The Hall–Kier alpha value is -0.650. The van der Waals surface area contributed by atoms with Crippen molar-refractivity contribution < 1.29 is 12.8 Å². The van der Waals surface area contributed by atoms with Crippen molar-refractivity contribution in [3.05, 3.63) is 30.1 Å². The van der Waals surface area contributed by atoms with Crippen LogP contribution in [0.1, 0.15) is 13.3 Å². The minimum absolute atomic E-state index is 0.0949. The molecule has 0 saturated carbocycles. The first-order valence-corrected chi connectivity index (χ1v) is 7.31. The average Bonchev–Trinajstić information content (AvgIpc) is 2.29. The standard InChI is InChI=1S/C11H15ClFNO2S/c1-2-8-14(9-7-12)17(15,16)11-5-3-10(13)4-6-11/h3-6H,2,7-9H2,1H3. The molecule has 0 unspecified atom stereocenters. The predicted octanol–water partition coefficient (Wildman–Crippen LogP) is 2.47. The number of hydrogen-bond donors (Lipinski definition) is 0. The number of halogens is 2. The first-order chi connectivity index (χ1) is 8.02. The van der Waals surface area contributed by atoms with Gasteiger partial charge in [0.1, 0.15) is 5.82 Å². The van der Waals surface area contributed by atoms with Gasteiger partial charge in [0.05, 0.1) is 4.90 Å². The van der Waals surface area contributed by atoms with Crippen LogP contribution in [0.25, 0.3) is 0 Å². The monoisotopic (exact) mass is 279 g/mol. The topological polar surface area (TPSA) is 37.4 Å². The van der Waals surface area contributed by atoms with Gasteiger partial charge in [0, 0.05) is 19.0 Å². The van der Waals surface area contributed by atoms with Crippen LogP contribution in [-0.2, 0) is 10.0 Å². The SMILES string of the molecule is CCCN(CCCl)S(=O)(=O)c1ccc(F)cc1. The van der Waals surface area contributed by atoms with Crippen molar-refractivity contribution in [2.24, 2.45) is 0 Å². The number of benzene rings is 1. The van der Waals surface area contributed by atoms with Crippen LogP contribution in [-0.4, -0.2) is 31.7 Å². The maximum atomic E-state index is 12.7. The summed E-state index contributed by atoms with van der Waals surface area (Å²) < 4.78 is 38.4. The van der Waals surface area contributed by atoms with Crippen LogP contribution in [0.3, 0.4) is 0 Å². The van der Waals surface area contributed by atoms with Gasteiger partial charge in [0.2, 0.25) is 10.0 Å². The molecule has 1 aromatic carbocycles. The summed E-state index contributed by atoms with van der Waals surface area (Å²) in [5.74, 6) is -0.219. The third-order valence-electron chi connectivity index (χ3n) is 2.26. The van der Waals surface area contributed by atoms with Gasteiger partial charge in [0.25, 0.3) is 0 Å². The zero-order valence-electron chi connectivity index (χ0n) is 9.57. The Labute approximate surface area is 106 Å². The minimum Gasteiger partial charge on any atom is -0.207 e. The third-order valence-corrected chi connectivity index (χ3v) is 4.34. The number of rotatable bonds is 6. The lowest BCUT2D eigenvalue weighted by molar-refractivity contribution is 0.428. The lowest BCUT2D eigenvalue weighted by Crippen LogP contribution is -2.33. The third kappa shape index (κ3) is 3.66. The van der Waals surface area contributed by atoms with Crippen LogP contribution >= 0.6 is 11.6 Å². The number of sulfonamides is 1. The lowest BCUT2D eigenvalue weighted by Gasteiger charge is -2.20. The van der Waals surface area contributed by atoms with E-state index in [0.29, 0.717) is 13.0 Å².